The Balaban J connectivity index is 2.43. The molecule has 1 fully saturated rings. The first kappa shape index (κ1) is 88.3. The highest BCUT2D eigenvalue weighted by Crippen LogP contribution is 2.23. The summed E-state index contributed by atoms with van der Waals surface area (Å²) in [7, 11) is 3.95. The third kappa shape index (κ3) is 63.8. The summed E-state index contributed by atoms with van der Waals surface area (Å²) in [4.78, 5) is 22.5. The monoisotopic (exact) mass is 1320 g/mol. The summed E-state index contributed by atoms with van der Waals surface area (Å²) in [5, 5.41) is 44.6. The zero-order chi connectivity index (χ0) is 65.8. The van der Waals surface area contributed by atoms with Gasteiger partial charge >= 0.3 is 5.97 Å². The van der Waals surface area contributed by atoms with Crippen LogP contribution < -0.4 is 0 Å². The standard InChI is InChI=1S/C79H156N4O6S2/c1-5-9-13-17-21-25-29-31-33-35-39-43-47-51-57-77(86)73-83(74-78(87)58-52-48-44-40-36-34-32-30-26-22-18-14-10-6-2)61-54-69-90-91-70-67-81-64-62-80(63-65-81)66-68-89-79(88)59-53-60-82(71-75(84)55-49-45-41-37-27-23-19-15-11-7-3)72-76(85)56-50-46-42-38-28-24-20-16-12-8-4/h31-34,75-78,84-87H,5-30,35-74H2,1-4H3/b33-31-,34-32-. The molecule has 1 aliphatic heterocycles. The van der Waals surface area contributed by atoms with Gasteiger partial charge in [-0.1, -0.05) is 305 Å². The number of carbonyl (C=O) groups is 1. The molecule has 4 unspecified atom stereocenters. The predicted molar refractivity (Wildman–Crippen MR) is 402 cm³/mol. The van der Waals surface area contributed by atoms with Crippen molar-refractivity contribution in [3.63, 3.8) is 0 Å². The Bertz CT molecular complexity index is 1450. The summed E-state index contributed by atoms with van der Waals surface area (Å²) in [5.41, 5.74) is 0. The summed E-state index contributed by atoms with van der Waals surface area (Å²) in [6, 6.07) is 0. The van der Waals surface area contributed by atoms with Gasteiger partial charge in [0.25, 0.3) is 0 Å². The number of hydrogen-bond donors (Lipinski definition) is 4. The number of allylic oxidation sites excluding steroid dienone is 4. The van der Waals surface area contributed by atoms with Crippen molar-refractivity contribution < 1.29 is 30.0 Å². The molecule has 0 amide bonds. The molecule has 4 N–H and O–H groups in total. The SMILES string of the molecule is CCCCCCCC/C=C\CCCCCCC(O)CN(CCCSSCCN1CCN(CCOC(=O)CCCN(CC(O)CCCCCCCCCCCC)CC(O)CCCCCCCCCCCC)CC1)CC(O)CCCCCC/C=C\CCCCCCCC. The number of ether oxygens (including phenoxy) is 1. The van der Waals surface area contributed by atoms with Gasteiger partial charge in [0.15, 0.2) is 0 Å². The van der Waals surface area contributed by atoms with Crippen molar-refractivity contribution >= 4 is 27.6 Å². The van der Waals surface area contributed by atoms with Gasteiger partial charge in [0.1, 0.15) is 6.61 Å². The molecule has 0 aromatic carbocycles. The minimum Gasteiger partial charge on any atom is -0.464 e. The Morgan fingerprint density at radius 3 is 0.967 bits per heavy atom. The second-order valence-corrected chi connectivity index (χ2v) is 30.8. The second kappa shape index (κ2) is 70.6. The quantitative estimate of drug-likeness (QED) is 0.0201. The van der Waals surface area contributed by atoms with Crippen molar-refractivity contribution in [2.45, 2.75) is 380 Å². The highest BCUT2D eigenvalue weighted by atomic mass is 33.1. The minimum absolute atomic E-state index is 0.143. The maximum absolute atomic E-state index is 13.0. The van der Waals surface area contributed by atoms with E-state index in [0.717, 1.165) is 115 Å². The Morgan fingerprint density at radius 1 is 0.363 bits per heavy atom. The molecule has 1 saturated heterocycles. The third-order valence-electron chi connectivity index (χ3n) is 19.0. The van der Waals surface area contributed by atoms with Gasteiger partial charge in [-0.2, -0.15) is 0 Å². The van der Waals surface area contributed by atoms with E-state index in [9.17, 15) is 25.2 Å². The second-order valence-electron chi connectivity index (χ2n) is 28.1. The van der Waals surface area contributed by atoms with Gasteiger partial charge in [-0.25, -0.2) is 0 Å². The average Bonchev–Trinajstić information content (AvgIpc) is 3.71. The summed E-state index contributed by atoms with van der Waals surface area (Å²) in [6.07, 6.45) is 69.8. The van der Waals surface area contributed by atoms with E-state index >= 15 is 0 Å². The van der Waals surface area contributed by atoms with E-state index in [4.69, 9.17) is 4.74 Å². The number of aliphatic hydroxyl groups is 4. The van der Waals surface area contributed by atoms with E-state index < -0.39 is 12.2 Å². The molecule has 0 aromatic rings. The van der Waals surface area contributed by atoms with Crippen molar-refractivity contribution in [1.29, 1.82) is 0 Å². The maximum Gasteiger partial charge on any atom is 0.305 e. The Hall–Kier alpha value is -0.670. The molecule has 10 nitrogen and oxygen atoms in total. The zero-order valence-corrected chi connectivity index (χ0v) is 62.6. The number of aliphatic hydroxyl groups excluding tert-OH is 4. The lowest BCUT2D eigenvalue weighted by molar-refractivity contribution is -0.144. The Labute approximate surface area is 574 Å². The molecule has 0 bridgehead atoms. The number of rotatable bonds is 73. The molecule has 1 rings (SSSR count). The van der Waals surface area contributed by atoms with E-state index in [1.54, 1.807) is 0 Å². The Kier molecular flexibility index (Phi) is 68.6. The van der Waals surface area contributed by atoms with Crippen LogP contribution in [0, 0.1) is 0 Å². The van der Waals surface area contributed by atoms with Crippen LogP contribution in [0.4, 0.5) is 0 Å². The molecule has 12 heteroatoms. The van der Waals surface area contributed by atoms with Crippen LogP contribution in [0.5, 0.6) is 0 Å². The smallest absolute Gasteiger partial charge is 0.305 e. The van der Waals surface area contributed by atoms with Crippen LogP contribution in [0.15, 0.2) is 24.3 Å². The summed E-state index contributed by atoms with van der Waals surface area (Å²) in [6.45, 7) is 19.5. The van der Waals surface area contributed by atoms with Crippen molar-refractivity contribution in [1.82, 2.24) is 19.6 Å². The van der Waals surface area contributed by atoms with Gasteiger partial charge in [-0.3, -0.25) is 24.4 Å². The van der Waals surface area contributed by atoms with Crippen LogP contribution in [0.1, 0.15) is 355 Å². The normalized spacial score (nSPS) is 14.9. The van der Waals surface area contributed by atoms with E-state index in [2.05, 4.69) is 71.6 Å². The highest BCUT2D eigenvalue weighted by molar-refractivity contribution is 8.76. The lowest BCUT2D eigenvalue weighted by atomic mass is 10.0. The van der Waals surface area contributed by atoms with Crippen molar-refractivity contribution in [2.75, 3.05) is 96.6 Å². The molecule has 91 heavy (non-hydrogen) atoms. The van der Waals surface area contributed by atoms with E-state index in [1.165, 1.54) is 257 Å². The van der Waals surface area contributed by atoms with Gasteiger partial charge in [-0.05, 0) is 103 Å². The first-order valence-electron chi connectivity index (χ1n) is 40.0. The van der Waals surface area contributed by atoms with Crippen molar-refractivity contribution in [3.8, 4) is 0 Å². The molecule has 0 spiro atoms. The number of esters is 1. The fraction of sp³-hybridized carbons (Fsp3) is 0.937. The summed E-state index contributed by atoms with van der Waals surface area (Å²) < 4.78 is 5.77. The van der Waals surface area contributed by atoms with E-state index in [0.29, 0.717) is 52.2 Å². The summed E-state index contributed by atoms with van der Waals surface area (Å²) >= 11 is 0. The molecule has 4 atom stereocenters. The first-order valence-corrected chi connectivity index (χ1v) is 42.5. The van der Waals surface area contributed by atoms with Gasteiger partial charge < -0.3 is 25.2 Å². The van der Waals surface area contributed by atoms with Crippen LogP contribution in [-0.2, 0) is 9.53 Å². The van der Waals surface area contributed by atoms with E-state index in [1.807, 2.05) is 21.6 Å². The van der Waals surface area contributed by atoms with Gasteiger partial charge in [0.05, 0.1) is 24.4 Å². The lowest BCUT2D eigenvalue weighted by Gasteiger charge is -2.34. The molecule has 0 aromatic heterocycles. The molecule has 0 aliphatic carbocycles. The van der Waals surface area contributed by atoms with Crippen LogP contribution in [0.3, 0.4) is 0 Å². The molecule has 0 saturated carbocycles. The Morgan fingerprint density at radius 2 is 0.637 bits per heavy atom. The van der Waals surface area contributed by atoms with Crippen LogP contribution in [-0.4, -0.2) is 167 Å². The predicted octanol–water partition coefficient (Wildman–Crippen LogP) is 20.7. The molecule has 540 valence electrons. The first-order chi connectivity index (χ1) is 44.7. The summed E-state index contributed by atoms with van der Waals surface area (Å²) in [5.74, 6) is 2.03. The zero-order valence-electron chi connectivity index (χ0n) is 61.0. The van der Waals surface area contributed by atoms with E-state index in [-0.39, 0.29) is 18.2 Å². The fourth-order valence-corrected chi connectivity index (χ4v) is 15.1. The fourth-order valence-electron chi connectivity index (χ4n) is 13.0. The van der Waals surface area contributed by atoms with Crippen LogP contribution in [0.2, 0.25) is 0 Å². The minimum atomic E-state index is -0.408. The van der Waals surface area contributed by atoms with Gasteiger partial charge in [0.2, 0.25) is 0 Å². The number of unbranched alkanes of at least 4 members (excludes halogenated alkanes) is 38. The lowest BCUT2D eigenvalue weighted by Crippen LogP contribution is -2.47. The van der Waals surface area contributed by atoms with Gasteiger partial charge in [0, 0.05) is 83.4 Å². The number of hydrogen-bond acceptors (Lipinski definition) is 12. The highest BCUT2D eigenvalue weighted by Gasteiger charge is 2.20. The molecule has 0 radical (unpaired) electrons. The van der Waals surface area contributed by atoms with Gasteiger partial charge in [-0.15, -0.1) is 0 Å². The van der Waals surface area contributed by atoms with Crippen LogP contribution in [0.25, 0.3) is 0 Å². The maximum atomic E-state index is 13.0. The average molecular weight is 1320 g/mol. The largest absolute Gasteiger partial charge is 0.464 e. The number of carbonyl (C=O) groups excluding carboxylic acids is 1. The molecule has 1 heterocycles. The topological polar surface area (TPSA) is 120 Å². The number of nitrogens with zero attached hydrogens (tertiary/aromatic N) is 4. The number of piperazine rings is 1. The van der Waals surface area contributed by atoms with Crippen molar-refractivity contribution in [3.05, 3.63) is 24.3 Å². The molecule has 1 aliphatic rings. The van der Waals surface area contributed by atoms with Crippen molar-refractivity contribution in [2.24, 2.45) is 0 Å². The third-order valence-corrected chi connectivity index (χ3v) is 21.5. The molecular weight excluding hydrogens is 1170 g/mol. The molecular formula is C79H156N4O6S2. The van der Waals surface area contributed by atoms with Crippen LogP contribution >= 0.6 is 21.6 Å².